The molecule has 0 heterocycles. The van der Waals surface area contributed by atoms with Crippen molar-refractivity contribution in [1.29, 1.82) is 0 Å². The molecule has 4 aliphatic rings. The first-order chi connectivity index (χ1) is 11.2. The molecule has 0 amide bonds. The summed E-state index contributed by atoms with van der Waals surface area (Å²) in [6.45, 7) is 2.66. The SMILES string of the molecule is COC1=CC2=CC[C@@H]3[C@H](CC[C@]4(C)/C(=C/CO)CC[C@@H]34)[C@H]2C=C1. The Bertz CT molecular complexity index is 609. The third-order valence-electron chi connectivity index (χ3n) is 7.16. The highest BCUT2D eigenvalue weighted by Gasteiger charge is 2.53. The average molecular weight is 312 g/mol. The Morgan fingerprint density at radius 2 is 2.22 bits per heavy atom. The third-order valence-corrected chi connectivity index (χ3v) is 7.16. The van der Waals surface area contributed by atoms with Crippen LogP contribution in [0.15, 0.2) is 47.3 Å². The van der Waals surface area contributed by atoms with Crippen molar-refractivity contribution in [1.82, 2.24) is 0 Å². The fourth-order valence-corrected chi connectivity index (χ4v) is 6.00. The number of ether oxygens (including phenoxy) is 1. The van der Waals surface area contributed by atoms with Crippen LogP contribution in [0.3, 0.4) is 0 Å². The van der Waals surface area contributed by atoms with E-state index in [9.17, 15) is 5.11 Å². The summed E-state index contributed by atoms with van der Waals surface area (Å²) in [6, 6.07) is 0. The van der Waals surface area contributed by atoms with Gasteiger partial charge in [-0.15, -0.1) is 0 Å². The molecule has 0 bridgehead atoms. The molecule has 1 N–H and O–H groups in total. The predicted molar refractivity (Wildman–Crippen MR) is 92.6 cm³/mol. The molecule has 2 nitrogen and oxygen atoms in total. The molecule has 23 heavy (non-hydrogen) atoms. The quantitative estimate of drug-likeness (QED) is 0.766. The summed E-state index contributed by atoms with van der Waals surface area (Å²) >= 11 is 0. The molecule has 0 spiro atoms. The number of allylic oxidation sites excluding steroid dienone is 6. The molecule has 0 radical (unpaired) electrons. The predicted octanol–water partition coefficient (Wildman–Crippen LogP) is 4.39. The standard InChI is InChI=1S/C21H28O2/c1-21-11-9-18-17-7-5-16(23-2)13-14(17)3-6-19(18)20(21)8-4-15(21)10-12-22/h3,5,7,10,13,17-20,22H,4,6,8-9,11-12H2,1-2H3/b15-10+/t17-,18+,19+,20-,21+/m0/s1. The van der Waals surface area contributed by atoms with Crippen molar-refractivity contribution in [2.45, 2.75) is 39.0 Å². The number of hydrogen-bond donors (Lipinski definition) is 1. The van der Waals surface area contributed by atoms with Gasteiger partial charge in [-0.1, -0.05) is 30.7 Å². The Morgan fingerprint density at radius 3 is 3.00 bits per heavy atom. The van der Waals surface area contributed by atoms with Gasteiger partial charge in [0.2, 0.25) is 0 Å². The van der Waals surface area contributed by atoms with E-state index in [1.165, 1.54) is 43.3 Å². The van der Waals surface area contributed by atoms with E-state index >= 15 is 0 Å². The van der Waals surface area contributed by atoms with Crippen LogP contribution in [0.5, 0.6) is 0 Å². The van der Waals surface area contributed by atoms with Gasteiger partial charge in [0.25, 0.3) is 0 Å². The van der Waals surface area contributed by atoms with Gasteiger partial charge in [0, 0.05) is 5.92 Å². The molecular weight excluding hydrogens is 284 g/mol. The maximum Gasteiger partial charge on any atom is 0.118 e. The zero-order valence-electron chi connectivity index (χ0n) is 14.3. The summed E-state index contributed by atoms with van der Waals surface area (Å²) in [5.74, 6) is 3.95. The molecule has 0 aromatic carbocycles. The summed E-state index contributed by atoms with van der Waals surface area (Å²) in [5, 5.41) is 9.35. The summed E-state index contributed by atoms with van der Waals surface area (Å²) in [6.07, 6.45) is 17.6. The monoisotopic (exact) mass is 312 g/mol. The van der Waals surface area contributed by atoms with Gasteiger partial charge in [-0.2, -0.15) is 0 Å². The van der Waals surface area contributed by atoms with Crippen LogP contribution in [0.25, 0.3) is 0 Å². The minimum absolute atomic E-state index is 0.200. The lowest BCUT2D eigenvalue weighted by atomic mass is 9.53. The van der Waals surface area contributed by atoms with E-state index in [0.29, 0.717) is 11.3 Å². The van der Waals surface area contributed by atoms with Crippen LogP contribution in [0.4, 0.5) is 0 Å². The highest BCUT2D eigenvalue weighted by Crippen LogP contribution is 2.62. The second kappa shape index (κ2) is 5.66. The normalized spacial score (nSPS) is 43.3. The number of aliphatic hydroxyl groups is 1. The Balaban J connectivity index is 1.64. The van der Waals surface area contributed by atoms with Gasteiger partial charge in [0.1, 0.15) is 5.76 Å². The molecule has 2 fully saturated rings. The zero-order chi connectivity index (χ0) is 16.0. The largest absolute Gasteiger partial charge is 0.497 e. The lowest BCUT2D eigenvalue weighted by Gasteiger charge is -2.51. The summed E-state index contributed by atoms with van der Waals surface area (Å²) in [5.41, 5.74) is 3.33. The molecule has 124 valence electrons. The number of aliphatic hydroxyl groups excluding tert-OH is 1. The van der Waals surface area contributed by atoms with Gasteiger partial charge in [0.15, 0.2) is 0 Å². The van der Waals surface area contributed by atoms with Crippen molar-refractivity contribution in [2.24, 2.45) is 29.1 Å². The van der Waals surface area contributed by atoms with Crippen molar-refractivity contribution in [3.63, 3.8) is 0 Å². The highest BCUT2D eigenvalue weighted by atomic mass is 16.5. The molecule has 5 atom stereocenters. The maximum absolute atomic E-state index is 9.35. The first-order valence-electron chi connectivity index (χ1n) is 9.11. The molecule has 0 aromatic rings. The van der Waals surface area contributed by atoms with Crippen LogP contribution >= 0.6 is 0 Å². The highest BCUT2D eigenvalue weighted by molar-refractivity contribution is 5.39. The van der Waals surface area contributed by atoms with Crippen LogP contribution in [-0.2, 0) is 4.74 Å². The minimum atomic E-state index is 0.200. The van der Waals surface area contributed by atoms with Crippen molar-refractivity contribution >= 4 is 0 Å². The molecule has 0 aromatic heterocycles. The van der Waals surface area contributed by atoms with Gasteiger partial charge in [0.05, 0.1) is 13.7 Å². The van der Waals surface area contributed by atoms with Gasteiger partial charge >= 0.3 is 0 Å². The molecule has 2 saturated carbocycles. The Kier molecular flexibility index (Phi) is 3.76. The number of hydrogen-bond acceptors (Lipinski definition) is 2. The number of methoxy groups -OCH3 is 1. The van der Waals surface area contributed by atoms with Crippen LogP contribution in [0.2, 0.25) is 0 Å². The van der Waals surface area contributed by atoms with Crippen LogP contribution in [0.1, 0.15) is 39.0 Å². The lowest BCUT2D eigenvalue weighted by molar-refractivity contribution is 0.0416. The zero-order valence-corrected chi connectivity index (χ0v) is 14.3. The summed E-state index contributed by atoms with van der Waals surface area (Å²) in [7, 11) is 1.75. The van der Waals surface area contributed by atoms with Crippen molar-refractivity contribution in [2.75, 3.05) is 13.7 Å². The van der Waals surface area contributed by atoms with Gasteiger partial charge < -0.3 is 9.84 Å². The van der Waals surface area contributed by atoms with E-state index in [2.05, 4.69) is 37.3 Å². The summed E-state index contributed by atoms with van der Waals surface area (Å²) < 4.78 is 5.40. The van der Waals surface area contributed by atoms with Crippen LogP contribution < -0.4 is 0 Å². The topological polar surface area (TPSA) is 29.5 Å². The van der Waals surface area contributed by atoms with E-state index in [0.717, 1.165) is 23.5 Å². The Labute approximate surface area is 139 Å². The fourth-order valence-electron chi connectivity index (χ4n) is 6.00. The van der Waals surface area contributed by atoms with E-state index in [-0.39, 0.29) is 6.61 Å². The molecule has 0 saturated heterocycles. The number of fused-ring (bicyclic) bond motifs is 5. The first kappa shape index (κ1) is 15.3. The molecule has 2 heteroatoms. The fraction of sp³-hybridized carbons (Fsp3) is 0.619. The minimum Gasteiger partial charge on any atom is -0.497 e. The van der Waals surface area contributed by atoms with E-state index in [1.807, 2.05) is 0 Å². The van der Waals surface area contributed by atoms with Gasteiger partial charge in [-0.3, -0.25) is 0 Å². The van der Waals surface area contributed by atoms with Gasteiger partial charge in [-0.05, 0) is 73.0 Å². The van der Waals surface area contributed by atoms with E-state index < -0.39 is 0 Å². The molecule has 4 aliphatic carbocycles. The average Bonchev–Trinajstić information content (AvgIpc) is 2.91. The second-order valence-electron chi connectivity index (χ2n) is 7.92. The molecule has 4 rings (SSSR count). The Morgan fingerprint density at radius 1 is 1.35 bits per heavy atom. The summed E-state index contributed by atoms with van der Waals surface area (Å²) in [4.78, 5) is 0. The number of rotatable bonds is 2. The lowest BCUT2D eigenvalue weighted by Crippen LogP contribution is -2.43. The third kappa shape index (κ3) is 2.26. The smallest absolute Gasteiger partial charge is 0.118 e. The van der Waals surface area contributed by atoms with Crippen LogP contribution in [-0.4, -0.2) is 18.8 Å². The maximum atomic E-state index is 9.35. The molecule has 0 aliphatic heterocycles. The van der Waals surface area contributed by atoms with Crippen LogP contribution in [0, 0.1) is 29.1 Å². The molecule has 0 unspecified atom stereocenters. The van der Waals surface area contributed by atoms with Crippen molar-refractivity contribution < 1.29 is 9.84 Å². The van der Waals surface area contributed by atoms with E-state index in [1.54, 1.807) is 7.11 Å². The Hall–Kier alpha value is -1.28. The van der Waals surface area contributed by atoms with Crippen molar-refractivity contribution in [3.05, 3.63) is 47.3 Å². The second-order valence-corrected chi connectivity index (χ2v) is 7.92. The van der Waals surface area contributed by atoms with Crippen molar-refractivity contribution in [3.8, 4) is 0 Å². The van der Waals surface area contributed by atoms with Gasteiger partial charge in [-0.25, -0.2) is 0 Å². The van der Waals surface area contributed by atoms with E-state index in [4.69, 9.17) is 4.74 Å². The first-order valence-corrected chi connectivity index (χ1v) is 9.11. The molecular formula is C21H28O2.